The smallest absolute Gasteiger partial charge is 0.316 e. The van der Waals surface area contributed by atoms with Crippen LogP contribution < -0.4 is 0 Å². The van der Waals surface area contributed by atoms with Gasteiger partial charge < -0.3 is 5.11 Å². The van der Waals surface area contributed by atoms with Gasteiger partial charge in [-0.15, -0.1) is 0 Å². The van der Waals surface area contributed by atoms with Crippen molar-refractivity contribution in [2.24, 2.45) is 0 Å². The lowest BCUT2D eigenvalue weighted by atomic mass is 10.3. The van der Waals surface area contributed by atoms with E-state index in [-0.39, 0.29) is 0 Å². The van der Waals surface area contributed by atoms with Crippen LogP contribution in [0.3, 0.4) is 0 Å². The van der Waals surface area contributed by atoms with Gasteiger partial charge in [0, 0.05) is 0 Å². The molecule has 0 heterocycles. The van der Waals surface area contributed by atoms with Crippen molar-refractivity contribution in [2.75, 3.05) is 0 Å². The second-order valence-electron chi connectivity index (χ2n) is 1.66. The largest absolute Gasteiger partial charge is 0.480 e. The number of allylic oxidation sites excluding steroid dienone is 2. The second kappa shape index (κ2) is 4.44. The molecule has 0 bridgehead atoms. The van der Waals surface area contributed by atoms with Gasteiger partial charge in [-0.2, -0.15) is 12.6 Å². The summed E-state index contributed by atoms with van der Waals surface area (Å²) in [6, 6.07) is 0. The molecule has 2 nitrogen and oxygen atoms in total. The van der Waals surface area contributed by atoms with E-state index in [0.29, 0.717) is 6.42 Å². The normalized spacial score (nSPS) is 14.0. The molecule has 1 N–H and O–H groups in total. The van der Waals surface area contributed by atoms with Gasteiger partial charge in [0.1, 0.15) is 5.25 Å². The van der Waals surface area contributed by atoms with Crippen molar-refractivity contribution in [2.45, 2.75) is 18.6 Å². The van der Waals surface area contributed by atoms with Crippen LogP contribution in [0.25, 0.3) is 0 Å². The summed E-state index contributed by atoms with van der Waals surface area (Å²) in [5.74, 6) is -0.864. The Hall–Kier alpha value is -0.440. The molecule has 0 aromatic rings. The quantitative estimate of drug-likeness (QED) is 0.465. The Balaban J connectivity index is 3.50. The van der Waals surface area contributed by atoms with Crippen molar-refractivity contribution in [3.05, 3.63) is 12.2 Å². The van der Waals surface area contributed by atoms with Crippen molar-refractivity contribution in [3.8, 4) is 0 Å². The van der Waals surface area contributed by atoms with E-state index in [9.17, 15) is 4.79 Å². The molecule has 0 saturated carbocycles. The summed E-state index contributed by atoms with van der Waals surface area (Å²) in [6.45, 7) is 1.85. The van der Waals surface area contributed by atoms with Crippen molar-refractivity contribution >= 4 is 18.6 Å². The molecule has 52 valence electrons. The number of rotatable bonds is 3. The van der Waals surface area contributed by atoms with E-state index in [0.717, 1.165) is 0 Å². The van der Waals surface area contributed by atoms with Crippen LogP contribution in [0.4, 0.5) is 0 Å². The predicted octanol–water partition coefficient (Wildman–Crippen LogP) is 1.34. The van der Waals surface area contributed by atoms with Gasteiger partial charge in [0.2, 0.25) is 0 Å². The summed E-state index contributed by atoms with van der Waals surface area (Å²) in [7, 11) is 0. The third-order valence-electron chi connectivity index (χ3n) is 0.880. The van der Waals surface area contributed by atoms with E-state index in [2.05, 4.69) is 12.6 Å². The fourth-order valence-electron chi connectivity index (χ4n) is 0.366. The van der Waals surface area contributed by atoms with Gasteiger partial charge in [0.25, 0.3) is 0 Å². The SMILES string of the molecule is CC=CCC(S)C(=O)O. The minimum absolute atomic E-state index is 0.495. The molecular weight excluding hydrogens is 136 g/mol. The van der Waals surface area contributed by atoms with E-state index in [1.54, 1.807) is 6.08 Å². The molecule has 1 atom stereocenters. The van der Waals surface area contributed by atoms with Gasteiger partial charge in [0.05, 0.1) is 0 Å². The predicted molar refractivity (Wildman–Crippen MR) is 39.8 cm³/mol. The highest BCUT2D eigenvalue weighted by Gasteiger charge is 2.07. The third kappa shape index (κ3) is 4.09. The summed E-state index contributed by atoms with van der Waals surface area (Å²) in [5, 5.41) is 7.74. The Bertz CT molecular complexity index is 120. The van der Waals surface area contributed by atoms with Gasteiger partial charge in [-0.1, -0.05) is 12.2 Å². The molecule has 0 amide bonds. The Morgan fingerprint density at radius 3 is 2.78 bits per heavy atom. The average molecular weight is 146 g/mol. The molecule has 9 heavy (non-hydrogen) atoms. The second-order valence-corrected chi connectivity index (χ2v) is 2.28. The van der Waals surface area contributed by atoms with Gasteiger partial charge in [-0.25, -0.2) is 0 Å². The minimum atomic E-state index is -0.864. The third-order valence-corrected chi connectivity index (χ3v) is 1.31. The van der Waals surface area contributed by atoms with Crippen molar-refractivity contribution in [1.82, 2.24) is 0 Å². The summed E-state index contributed by atoms with van der Waals surface area (Å²) in [6.07, 6.45) is 4.09. The first-order valence-corrected chi connectivity index (χ1v) is 3.22. The van der Waals surface area contributed by atoms with Crippen LogP contribution in [0.2, 0.25) is 0 Å². The van der Waals surface area contributed by atoms with Crippen molar-refractivity contribution < 1.29 is 9.90 Å². The lowest BCUT2D eigenvalue weighted by Crippen LogP contribution is -2.11. The number of hydrogen-bond acceptors (Lipinski definition) is 2. The molecule has 0 aliphatic carbocycles. The highest BCUT2D eigenvalue weighted by atomic mass is 32.1. The lowest BCUT2D eigenvalue weighted by Gasteiger charge is -1.97. The molecule has 3 heteroatoms. The van der Waals surface area contributed by atoms with Crippen LogP contribution in [0.5, 0.6) is 0 Å². The van der Waals surface area contributed by atoms with Gasteiger partial charge in [-0.05, 0) is 13.3 Å². The summed E-state index contributed by atoms with van der Waals surface area (Å²) in [4.78, 5) is 10.1. The maximum atomic E-state index is 10.1. The zero-order chi connectivity index (χ0) is 7.28. The van der Waals surface area contributed by atoms with Gasteiger partial charge >= 0.3 is 5.97 Å². The standard InChI is InChI=1S/C6H10O2S/c1-2-3-4-5(9)6(7)8/h2-3,5,9H,4H2,1H3,(H,7,8). The number of aliphatic carboxylic acids is 1. The number of hydrogen-bond donors (Lipinski definition) is 2. The number of carbonyl (C=O) groups is 1. The summed E-state index contributed by atoms with van der Waals surface area (Å²) >= 11 is 3.81. The van der Waals surface area contributed by atoms with E-state index in [1.165, 1.54) is 0 Å². The number of thiol groups is 1. The minimum Gasteiger partial charge on any atom is -0.480 e. The number of carboxylic acids is 1. The van der Waals surface area contributed by atoms with E-state index in [1.807, 2.05) is 13.0 Å². The van der Waals surface area contributed by atoms with Crippen LogP contribution in [-0.4, -0.2) is 16.3 Å². The highest BCUT2D eigenvalue weighted by Crippen LogP contribution is 2.01. The first-order valence-electron chi connectivity index (χ1n) is 2.70. The van der Waals surface area contributed by atoms with E-state index < -0.39 is 11.2 Å². The lowest BCUT2D eigenvalue weighted by molar-refractivity contribution is -0.136. The fourth-order valence-corrected chi connectivity index (χ4v) is 0.488. The van der Waals surface area contributed by atoms with Crippen molar-refractivity contribution in [3.63, 3.8) is 0 Å². The zero-order valence-electron chi connectivity index (χ0n) is 5.24. The molecule has 0 aromatic heterocycles. The van der Waals surface area contributed by atoms with E-state index >= 15 is 0 Å². The van der Waals surface area contributed by atoms with Crippen molar-refractivity contribution in [1.29, 1.82) is 0 Å². The first kappa shape index (κ1) is 8.56. The monoisotopic (exact) mass is 146 g/mol. The van der Waals surface area contributed by atoms with E-state index in [4.69, 9.17) is 5.11 Å². The molecule has 0 aromatic carbocycles. The molecule has 0 aliphatic rings. The van der Waals surface area contributed by atoms with Crippen LogP contribution in [-0.2, 0) is 4.79 Å². The molecule has 0 fully saturated rings. The maximum absolute atomic E-state index is 10.1. The Morgan fingerprint density at radius 2 is 2.44 bits per heavy atom. The van der Waals surface area contributed by atoms with Crippen LogP contribution in [0, 0.1) is 0 Å². The average Bonchev–Trinajstić information content (AvgIpc) is 1.82. The fraction of sp³-hybridized carbons (Fsp3) is 0.500. The molecule has 0 saturated heterocycles. The summed E-state index contributed by atoms with van der Waals surface area (Å²) in [5.41, 5.74) is 0. The molecule has 0 aliphatic heterocycles. The summed E-state index contributed by atoms with van der Waals surface area (Å²) < 4.78 is 0. The Morgan fingerprint density at radius 1 is 1.89 bits per heavy atom. The Labute approximate surface area is 60.0 Å². The van der Waals surface area contributed by atoms with Gasteiger partial charge in [-0.3, -0.25) is 4.79 Å². The van der Waals surface area contributed by atoms with Gasteiger partial charge in [0.15, 0.2) is 0 Å². The van der Waals surface area contributed by atoms with Crippen LogP contribution in [0.15, 0.2) is 12.2 Å². The molecule has 0 spiro atoms. The van der Waals surface area contributed by atoms with Crippen LogP contribution >= 0.6 is 12.6 Å². The molecule has 0 radical (unpaired) electrons. The molecular formula is C6H10O2S. The van der Waals surface area contributed by atoms with Crippen LogP contribution in [0.1, 0.15) is 13.3 Å². The maximum Gasteiger partial charge on any atom is 0.316 e. The molecule has 1 unspecified atom stereocenters. The zero-order valence-corrected chi connectivity index (χ0v) is 6.14. The Kier molecular flexibility index (Phi) is 4.22. The highest BCUT2D eigenvalue weighted by molar-refractivity contribution is 7.81. The molecule has 0 rings (SSSR count). The first-order chi connectivity index (χ1) is 4.18. The topological polar surface area (TPSA) is 37.3 Å². The number of carboxylic acid groups (broad SMARTS) is 1.